The van der Waals surface area contributed by atoms with Gasteiger partial charge < -0.3 is 14.8 Å². The minimum absolute atomic E-state index is 0.130. The van der Waals surface area contributed by atoms with E-state index in [0.717, 1.165) is 30.4 Å². The average molecular weight is 461 g/mol. The number of fused-ring (bicyclic) bond motifs is 1. The molecule has 1 aliphatic carbocycles. The fraction of sp³-hybridized carbons (Fsp3) is 0.435. The number of aryl methyl sites for hydroxylation is 2. The average Bonchev–Trinajstić information content (AvgIpc) is 3.26. The molecule has 6 nitrogen and oxygen atoms in total. The van der Waals surface area contributed by atoms with Crippen LogP contribution >= 0.6 is 23.6 Å². The molecule has 0 spiro atoms. The summed E-state index contributed by atoms with van der Waals surface area (Å²) < 4.78 is 10.8. The van der Waals surface area contributed by atoms with E-state index in [1.165, 1.54) is 21.8 Å². The zero-order valence-corrected chi connectivity index (χ0v) is 19.9. The first-order valence-electron chi connectivity index (χ1n) is 10.5. The molecule has 0 fully saturated rings. The van der Waals surface area contributed by atoms with Crippen LogP contribution in [0.4, 0.5) is 5.00 Å². The molecule has 2 N–H and O–H groups in total. The number of carbonyl (C=O) groups is 2. The highest BCUT2D eigenvalue weighted by atomic mass is 32.1. The zero-order chi connectivity index (χ0) is 22.5. The fourth-order valence-electron chi connectivity index (χ4n) is 3.74. The fourth-order valence-corrected chi connectivity index (χ4v) is 5.31. The lowest BCUT2D eigenvalue weighted by Crippen LogP contribution is -2.37. The molecule has 1 heterocycles. The van der Waals surface area contributed by atoms with Gasteiger partial charge in [0.25, 0.3) is 5.91 Å². The third kappa shape index (κ3) is 5.62. The molecule has 31 heavy (non-hydrogen) atoms. The maximum Gasteiger partial charge on any atom is 0.341 e. The van der Waals surface area contributed by atoms with Crippen molar-refractivity contribution in [2.45, 2.75) is 52.9 Å². The topological polar surface area (TPSA) is 76.7 Å². The number of thiophene rings is 1. The van der Waals surface area contributed by atoms with Crippen molar-refractivity contribution >= 4 is 45.5 Å². The van der Waals surface area contributed by atoms with Crippen LogP contribution in [-0.2, 0) is 22.4 Å². The molecule has 166 valence electrons. The van der Waals surface area contributed by atoms with Crippen LogP contribution < -0.4 is 15.4 Å². The van der Waals surface area contributed by atoms with Crippen LogP contribution in [-0.4, -0.2) is 30.2 Å². The molecule has 0 bridgehead atoms. The van der Waals surface area contributed by atoms with Gasteiger partial charge >= 0.3 is 5.97 Å². The summed E-state index contributed by atoms with van der Waals surface area (Å²) in [4.78, 5) is 25.9. The molecule has 0 unspecified atom stereocenters. The number of thiocarbonyl (C=S) groups is 1. The number of esters is 1. The van der Waals surface area contributed by atoms with Crippen molar-refractivity contribution in [3.05, 3.63) is 45.3 Å². The number of amides is 1. The predicted octanol–water partition coefficient (Wildman–Crippen LogP) is 4.74. The van der Waals surface area contributed by atoms with Gasteiger partial charge in [-0.1, -0.05) is 19.9 Å². The standard InChI is InChI=1S/C23H28N2O4S2/c1-5-28-22(27)20-17-7-6-8-18(17)31-21(20)25-23(30)24-19(26)12-29-15-9-10-16(13(2)3)14(4)11-15/h9-11,13H,5-8,12H2,1-4H3,(H2,24,25,26,30). The molecule has 0 saturated heterocycles. The van der Waals surface area contributed by atoms with E-state index in [4.69, 9.17) is 21.7 Å². The van der Waals surface area contributed by atoms with Gasteiger partial charge in [0.2, 0.25) is 0 Å². The van der Waals surface area contributed by atoms with Gasteiger partial charge in [-0.3, -0.25) is 10.1 Å². The second-order valence-corrected chi connectivity index (χ2v) is 9.26. The summed E-state index contributed by atoms with van der Waals surface area (Å²) >= 11 is 6.77. The van der Waals surface area contributed by atoms with Crippen molar-refractivity contribution in [1.29, 1.82) is 0 Å². The lowest BCUT2D eigenvalue weighted by atomic mass is 9.98. The lowest BCUT2D eigenvalue weighted by Gasteiger charge is -2.13. The molecular weight excluding hydrogens is 432 g/mol. The van der Waals surface area contributed by atoms with Crippen LogP contribution in [0.25, 0.3) is 0 Å². The third-order valence-corrected chi connectivity index (χ3v) is 6.53. The summed E-state index contributed by atoms with van der Waals surface area (Å²) in [5.74, 6) is 0.334. The minimum Gasteiger partial charge on any atom is -0.484 e. The SMILES string of the molecule is CCOC(=O)c1c(NC(=S)NC(=O)COc2ccc(C(C)C)c(C)c2)sc2c1CCC2. The van der Waals surface area contributed by atoms with Crippen LogP contribution in [0.5, 0.6) is 5.75 Å². The molecule has 0 atom stereocenters. The molecule has 0 saturated carbocycles. The van der Waals surface area contributed by atoms with Crippen molar-refractivity contribution in [1.82, 2.24) is 5.32 Å². The Kier molecular flexibility index (Phi) is 7.67. The number of ether oxygens (including phenoxy) is 2. The number of rotatable bonds is 7. The molecule has 1 amide bonds. The van der Waals surface area contributed by atoms with Gasteiger partial charge in [-0.2, -0.15) is 0 Å². The van der Waals surface area contributed by atoms with E-state index in [1.807, 2.05) is 25.1 Å². The van der Waals surface area contributed by atoms with Crippen molar-refractivity contribution < 1.29 is 19.1 Å². The predicted molar refractivity (Wildman–Crippen MR) is 127 cm³/mol. The first-order chi connectivity index (χ1) is 14.8. The Hall–Kier alpha value is -2.45. The van der Waals surface area contributed by atoms with Gasteiger partial charge in [0, 0.05) is 4.88 Å². The van der Waals surface area contributed by atoms with Crippen molar-refractivity contribution in [3.8, 4) is 5.75 Å². The van der Waals surface area contributed by atoms with E-state index in [9.17, 15) is 9.59 Å². The van der Waals surface area contributed by atoms with Gasteiger partial charge in [-0.25, -0.2) is 4.79 Å². The summed E-state index contributed by atoms with van der Waals surface area (Å²) in [5.41, 5.74) is 3.95. The highest BCUT2D eigenvalue weighted by Crippen LogP contribution is 2.39. The second-order valence-electron chi connectivity index (χ2n) is 7.75. The molecule has 0 aliphatic heterocycles. The first kappa shape index (κ1) is 23.2. The van der Waals surface area contributed by atoms with Gasteiger partial charge in [0.05, 0.1) is 12.2 Å². The van der Waals surface area contributed by atoms with E-state index in [2.05, 4.69) is 24.5 Å². The van der Waals surface area contributed by atoms with E-state index < -0.39 is 0 Å². The van der Waals surface area contributed by atoms with Gasteiger partial charge in [0.15, 0.2) is 11.7 Å². The van der Waals surface area contributed by atoms with E-state index in [1.54, 1.807) is 6.92 Å². The summed E-state index contributed by atoms with van der Waals surface area (Å²) in [7, 11) is 0. The summed E-state index contributed by atoms with van der Waals surface area (Å²) in [6, 6.07) is 5.81. The number of carbonyl (C=O) groups excluding carboxylic acids is 2. The van der Waals surface area contributed by atoms with Gasteiger partial charge in [-0.15, -0.1) is 11.3 Å². The zero-order valence-electron chi connectivity index (χ0n) is 18.3. The maximum atomic E-state index is 12.4. The van der Waals surface area contributed by atoms with Crippen LogP contribution in [0.3, 0.4) is 0 Å². The van der Waals surface area contributed by atoms with Crippen molar-refractivity contribution in [2.24, 2.45) is 0 Å². The molecule has 2 aromatic rings. The Bertz CT molecular complexity index is 998. The summed E-state index contributed by atoms with van der Waals surface area (Å²) in [6.45, 7) is 8.23. The molecule has 1 aromatic heterocycles. The summed E-state index contributed by atoms with van der Waals surface area (Å²) in [5, 5.41) is 6.37. The second kappa shape index (κ2) is 10.2. The van der Waals surface area contributed by atoms with E-state index in [-0.39, 0.29) is 23.6 Å². The molecule has 0 radical (unpaired) electrons. The first-order valence-corrected chi connectivity index (χ1v) is 11.7. The number of anilines is 1. The monoisotopic (exact) mass is 460 g/mol. The van der Waals surface area contributed by atoms with E-state index in [0.29, 0.717) is 28.8 Å². The molecule has 8 heteroatoms. The Morgan fingerprint density at radius 3 is 2.71 bits per heavy atom. The molecule has 1 aromatic carbocycles. The Balaban J connectivity index is 1.58. The van der Waals surface area contributed by atoms with Crippen molar-refractivity contribution in [2.75, 3.05) is 18.5 Å². The van der Waals surface area contributed by atoms with Gasteiger partial charge in [0.1, 0.15) is 10.8 Å². The van der Waals surface area contributed by atoms with Crippen LogP contribution in [0.1, 0.15) is 65.0 Å². The quantitative estimate of drug-likeness (QED) is 0.459. The Morgan fingerprint density at radius 1 is 1.26 bits per heavy atom. The smallest absolute Gasteiger partial charge is 0.341 e. The highest BCUT2D eigenvalue weighted by Gasteiger charge is 2.28. The van der Waals surface area contributed by atoms with Crippen LogP contribution in [0.2, 0.25) is 0 Å². The number of nitrogens with one attached hydrogen (secondary N) is 2. The minimum atomic E-state index is -0.370. The highest BCUT2D eigenvalue weighted by molar-refractivity contribution is 7.80. The number of hydrogen-bond acceptors (Lipinski definition) is 6. The van der Waals surface area contributed by atoms with Crippen molar-refractivity contribution in [3.63, 3.8) is 0 Å². The normalized spacial score (nSPS) is 12.4. The molecule has 1 aliphatic rings. The molecular formula is C23H28N2O4S2. The number of hydrogen-bond donors (Lipinski definition) is 2. The lowest BCUT2D eigenvalue weighted by molar-refractivity contribution is -0.121. The Morgan fingerprint density at radius 2 is 2.03 bits per heavy atom. The van der Waals surface area contributed by atoms with E-state index >= 15 is 0 Å². The summed E-state index contributed by atoms with van der Waals surface area (Å²) in [6.07, 6.45) is 2.82. The largest absolute Gasteiger partial charge is 0.484 e. The third-order valence-electron chi connectivity index (χ3n) is 5.11. The molecule has 3 rings (SSSR count). The van der Waals surface area contributed by atoms with Crippen LogP contribution in [0, 0.1) is 6.92 Å². The Labute approximate surface area is 192 Å². The van der Waals surface area contributed by atoms with Crippen LogP contribution in [0.15, 0.2) is 18.2 Å². The number of benzene rings is 1. The van der Waals surface area contributed by atoms with Gasteiger partial charge in [-0.05, 0) is 80.1 Å². The maximum absolute atomic E-state index is 12.4.